The molecule has 2 N–H and O–H groups in total. The zero-order valence-corrected chi connectivity index (χ0v) is 11.8. The minimum atomic E-state index is -0.966. The summed E-state index contributed by atoms with van der Waals surface area (Å²) in [4.78, 5) is 11.4. The van der Waals surface area contributed by atoms with Crippen molar-refractivity contribution in [3.8, 4) is 5.75 Å². The van der Waals surface area contributed by atoms with Crippen LogP contribution in [0.3, 0.4) is 0 Å². The fraction of sp³-hybridized carbons (Fsp3) is 0.417. The molecule has 0 heterocycles. The zero-order valence-electron chi connectivity index (χ0n) is 10.2. The maximum absolute atomic E-state index is 12.8. The van der Waals surface area contributed by atoms with Crippen LogP contribution >= 0.6 is 15.9 Å². The fourth-order valence-corrected chi connectivity index (χ4v) is 1.57. The van der Waals surface area contributed by atoms with Crippen molar-refractivity contribution in [3.05, 3.63) is 28.5 Å². The Kier molecular flexibility index (Phi) is 5.10. The summed E-state index contributed by atoms with van der Waals surface area (Å²) in [6, 6.07) is 3.93. The molecular weight excluding hydrogens is 305 g/mol. The summed E-state index contributed by atoms with van der Waals surface area (Å²) in [5.41, 5.74) is -0.966. The Hall–Kier alpha value is -1.14. The van der Waals surface area contributed by atoms with Crippen molar-refractivity contribution in [2.24, 2.45) is 0 Å². The largest absolute Gasteiger partial charge is 0.483 e. The summed E-state index contributed by atoms with van der Waals surface area (Å²) < 4.78 is 18.5. The Morgan fingerprint density at radius 2 is 2.22 bits per heavy atom. The molecule has 4 nitrogen and oxygen atoms in total. The number of ether oxygens (including phenoxy) is 1. The maximum atomic E-state index is 12.8. The summed E-state index contributed by atoms with van der Waals surface area (Å²) in [6.45, 7) is 3.12. The highest BCUT2D eigenvalue weighted by Gasteiger charge is 2.14. The molecule has 18 heavy (non-hydrogen) atoms. The van der Waals surface area contributed by atoms with E-state index in [4.69, 9.17) is 4.74 Å². The van der Waals surface area contributed by atoms with Gasteiger partial charge in [-0.2, -0.15) is 0 Å². The van der Waals surface area contributed by atoms with Crippen LogP contribution < -0.4 is 10.1 Å². The van der Waals surface area contributed by atoms with Crippen molar-refractivity contribution >= 4 is 21.8 Å². The van der Waals surface area contributed by atoms with E-state index in [9.17, 15) is 14.3 Å². The van der Waals surface area contributed by atoms with Gasteiger partial charge in [0.05, 0.1) is 10.1 Å². The van der Waals surface area contributed by atoms with Crippen LogP contribution in [-0.4, -0.2) is 29.8 Å². The number of benzene rings is 1. The predicted octanol–water partition coefficient (Wildman–Crippen LogP) is 1.85. The Labute approximate surface area is 113 Å². The molecule has 0 atom stereocenters. The van der Waals surface area contributed by atoms with E-state index in [1.165, 1.54) is 18.2 Å². The third-order valence-electron chi connectivity index (χ3n) is 1.97. The number of aliphatic hydroxyl groups is 1. The van der Waals surface area contributed by atoms with E-state index < -0.39 is 5.60 Å². The van der Waals surface area contributed by atoms with E-state index in [0.717, 1.165) is 0 Å². The molecule has 1 rings (SSSR count). The van der Waals surface area contributed by atoms with Crippen molar-refractivity contribution < 1.29 is 19.0 Å². The smallest absolute Gasteiger partial charge is 0.258 e. The van der Waals surface area contributed by atoms with Crippen LogP contribution in [0.25, 0.3) is 0 Å². The van der Waals surface area contributed by atoms with E-state index >= 15 is 0 Å². The highest BCUT2D eigenvalue weighted by atomic mass is 79.9. The lowest BCUT2D eigenvalue weighted by Gasteiger charge is -2.17. The lowest BCUT2D eigenvalue weighted by molar-refractivity contribution is -0.124. The zero-order chi connectivity index (χ0) is 13.8. The number of hydrogen-bond donors (Lipinski definition) is 2. The van der Waals surface area contributed by atoms with Crippen LogP contribution in [0.1, 0.15) is 13.8 Å². The molecule has 0 aliphatic rings. The molecule has 0 radical (unpaired) electrons. The monoisotopic (exact) mass is 319 g/mol. The first-order valence-electron chi connectivity index (χ1n) is 5.35. The normalized spacial score (nSPS) is 11.2. The molecular formula is C12H15BrFNO3. The molecule has 6 heteroatoms. The highest BCUT2D eigenvalue weighted by Crippen LogP contribution is 2.25. The Bertz CT molecular complexity index is 432. The second-order valence-corrected chi connectivity index (χ2v) is 5.31. The quantitative estimate of drug-likeness (QED) is 0.871. The lowest BCUT2D eigenvalue weighted by Crippen LogP contribution is -2.40. The SMILES string of the molecule is CC(C)(O)CNC(=O)COc1ccc(F)cc1Br. The standard InChI is InChI=1S/C12H15BrFNO3/c1-12(2,17)7-15-11(16)6-18-10-4-3-8(14)5-9(10)13/h3-5,17H,6-7H2,1-2H3,(H,15,16). The van der Waals surface area contributed by atoms with Crippen molar-refractivity contribution in [1.29, 1.82) is 0 Å². The summed E-state index contributed by atoms with van der Waals surface area (Å²) in [5.74, 6) is -0.358. The van der Waals surface area contributed by atoms with Gasteiger partial charge in [0, 0.05) is 6.54 Å². The number of halogens is 2. The van der Waals surface area contributed by atoms with Gasteiger partial charge in [0.15, 0.2) is 6.61 Å². The van der Waals surface area contributed by atoms with Gasteiger partial charge in [-0.15, -0.1) is 0 Å². The average Bonchev–Trinajstić information content (AvgIpc) is 2.24. The first kappa shape index (κ1) is 14.9. The van der Waals surface area contributed by atoms with E-state index in [-0.39, 0.29) is 24.9 Å². The number of rotatable bonds is 5. The molecule has 0 saturated carbocycles. The van der Waals surface area contributed by atoms with E-state index in [1.54, 1.807) is 13.8 Å². The van der Waals surface area contributed by atoms with E-state index in [1.807, 2.05) is 0 Å². The third-order valence-corrected chi connectivity index (χ3v) is 2.59. The summed E-state index contributed by atoms with van der Waals surface area (Å²) in [5, 5.41) is 11.9. The first-order chi connectivity index (χ1) is 8.28. The second kappa shape index (κ2) is 6.15. The van der Waals surface area contributed by atoms with Gasteiger partial charge in [-0.05, 0) is 48.0 Å². The number of amides is 1. The van der Waals surface area contributed by atoms with Gasteiger partial charge in [-0.1, -0.05) is 0 Å². The van der Waals surface area contributed by atoms with E-state index in [2.05, 4.69) is 21.2 Å². The molecule has 0 aliphatic heterocycles. The van der Waals surface area contributed by atoms with Gasteiger partial charge in [0.1, 0.15) is 11.6 Å². The van der Waals surface area contributed by atoms with Gasteiger partial charge in [0.2, 0.25) is 0 Å². The van der Waals surface area contributed by atoms with E-state index in [0.29, 0.717) is 10.2 Å². The predicted molar refractivity (Wildman–Crippen MR) is 68.9 cm³/mol. The fourth-order valence-electron chi connectivity index (χ4n) is 1.10. The first-order valence-corrected chi connectivity index (χ1v) is 6.14. The van der Waals surface area contributed by atoms with Crippen molar-refractivity contribution in [2.75, 3.05) is 13.2 Å². The molecule has 1 amide bonds. The average molecular weight is 320 g/mol. The number of nitrogens with one attached hydrogen (secondary N) is 1. The molecule has 0 fully saturated rings. The maximum Gasteiger partial charge on any atom is 0.258 e. The van der Waals surface area contributed by atoms with Gasteiger partial charge >= 0.3 is 0 Å². The van der Waals surface area contributed by atoms with Gasteiger partial charge < -0.3 is 15.2 Å². The van der Waals surface area contributed by atoms with Crippen LogP contribution in [-0.2, 0) is 4.79 Å². The van der Waals surface area contributed by atoms with Gasteiger partial charge in [-0.3, -0.25) is 4.79 Å². The Balaban J connectivity index is 2.43. The highest BCUT2D eigenvalue weighted by molar-refractivity contribution is 9.10. The van der Waals surface area contributed by atoms with Crippen molar-refractivity contribution in [3.63, 3.8) is 0 Å². The second-order valence-electron chi connectivity index (χ2n) is 4.45. The van der Waals surface area contributed by atoms with Crippen molar-refractivity contribution in [1.82, 2.24) is 5.32 Å². The molecule has 0 bridgehead atoms. The molecule has 0 aliphatic carbocycles. The minimum Gasteiger partial charge on any atom is -0.483 e. The molecule has 1 aromatic carbocycles. The minimum absolute atomic E-state index is 0.139. The van der Waals surface area contributed by atoms with Gasteiger partial charge in [-0.25, -0.2) is 4.39 Å². The van der Waals surface area contributed by atoms with Crippen LogP contribution in [0.4, 0.5) is 4.39 Å². The molecule has 100 valence electrons. The third kappa shape index (κ3) is 5.46. The number of carbonyl (C=O) groups is 1. The lowest BCUT2D eigenvalue weighted by atomic mass is 10.1. The van der Waals surface area contributed by atoms with Crippen molar-refractivity contribution in [2.45, 2.75) is 19.4 Å². The Morgan fingerprint density at radius 1 is 1.56 bits per heavy atom. The number of carbonyl (C=O) groups excluding carboxylic acids is 1. The van der Waals surface area contributed by atoms with Crippen LogP contribution in [0.15, 0.2) is 22.7 Å². The van der Waals surface area contributed by atoms with Crippen LogP contribution in [0, 0.1) is 5.82 Å². The van der Waals surface area contributed by atoms with Crippen LogP contribution in [0.5, 0.6) is 5.75 Å². The molecule has 0 saturated heterocycles. The topological polar surface area (TPSA) is 58.6 Å². The molecule has 0 aromatic heterocycles. The number of hydrogen-bond acceptors (Lipinski definition) is 3. The summed E-state index contributed by atoms with van der Waals surface area (Å²) in [7, 11) is 0. The molecule has 1 aromatic rings. The Morgan fingerprint density at radius 3 is 2.78 bits per heavy atom. The summed E-state index contributed by atoms with van der Waals surface area (Å²) in [6.07, 6.45) is 0. The summed E-state index contributed by atoms with van der Waals surface area (Å²) >= 11 is 3.13. The van der Waals surface area contributed by atoms with Crippen LogP contribution in [0.2, 0.25) is 0 Å². The molecule has 0 unspecified atom stereocenters. The molecule has 0 spiro atoms. The van der Waals surface area contributed by atoms with Gasteiger partial charge in [0.25, 0.3) is 5.91 Å².